The van der Waals surface area contributed by atoms with Gasteiger partial charge in [0.15, 0.2) is 5.17 Å². The van der Waals surface area contributed by atoms with Crippen molar-refractivity contribution in [1.29, 1.82) is 0 Å². The molecule has 27 heavy (non-hydrogen) atoms. The third-order valence-electron chi connectivity index (χ3n) is 4.98. The molecular formula is C20H23ClN4OS. The molecule has 2 aliphatic rings. The van der Waals surface area contributed by atoms with Crippen LogP contribution < -0.4 is 5.43 Å². The molecule has 3 heterocycles. The van der Waals surface area contributed by atoms with E-state index in [9.17, 15) is 0 Å². The van der Waals surface area contributed by atoms with E-state index < -0.39 is 0 Å². The Kier molecular flexibility index (Phi) is 5.57. The van der Waals surface area contributed by atoms with Crippen LogP contribution in [-0.4, -0.2) is 33.9 Å². The molecule has 0 unspecified atom stereocenters. The summed E-state index contributed by atoms with van der Waals surface area (Å²) in [5, 5.41) is 6.10. The quantitative estimate of drug-likeness (QED) is 0.808. The number of amidine groups is 1. The zero-order valence-corrected chi connectivity index (χ0v) is 17.1. The molecule has 0 saturated carbocycles. The molecule has 0 aliphatic carbocycles. The summed E-state index contributed by atoms with van der Waals surface area (Å²) >= 11 is 7.59. The van der Waals surface area contributed by atoms with Crippen molar-refractivity contribution in [3.63, 3.8) is 0 Å². The molecule has 1 atom stereocenters. The zero-order chi connectivity index (χ0) is 18.8. The van der Waals surface area contributed by atoms with Crippen LogP contribution in [0.15, 0.2) is 40.4 Å². The van der Waals surface area contributed by atoms with Gasteiger partial charge in [0, 0.05) is 40.9 Å². The van der Waals surface area contributed by atoms with Crippen LogP contribution in [0.1, 0.15) is 29.8 Å². The molecule has 2 aliphatic heterocycles. The maximum atomic E-state index is 5.92. The SMILES string of the molecule is Cc1cc(C2=NNC(=Nc3ccc(Cl)cc3)SC2)c(C)n1C[C@H]1CCCO1. The van der Waals surface area contributed by atoms with E-state index in [0.29, 0.717) is 11.1 Å². The van der Waals surface area contributed by atoms with Crippen molar-refractivity contribution in [2.24, 2.45) is 10.1 Å². The molecule has 5 nitrogen and oxygen atoms in total. The molecule has 1 aromatic carbocycles. The van der Waals surface area contributed by atoms with Crippen molar-refractivity contribution in [2.45, 2.75) is 39.3 Å². The number of nitrogens with zero attached hydrogens (tertiary/aromatic N) is 3. The number of hydrazone groups is 1. The summed E-state index contributed by atoms with van der Waals surface area (Å²) in [6, 6.07) is 9.70. The van der Waals surface area contributed by atoms with Gasteiger partial charge in [-0.05, 0) is 57.0 Å². The summed E-state index contributed by atoms with van der Waals surface area (Å²) in [6.45, 7) is 6.14. The molecular weight excluding hydrogens is 380 g/mol. The molecule has 1 saturated heterocycles. The van der Waals surface area contributed by atoms with Gasteiger partial charge in [-0.3, -0.25) is 5.43 Å². The standard InChI is InChI=1S/C20H23ClN4OS/c1-13-10-18(14(2)25(13)11-17-4-3-9-26-17)19-12-27-20(24-23-19)22-16-7-5-15(21)6-8-16/h5-8,10,17H,3-4,9,11-12H2,1-2H3,(H,22,24)/t17-/m1/s1. The molecule has 0 radical (unpaired) electrons. The van der Waals surface area contributed by atoms with Gasteiger partial charge in [0.2, 0.25) is 0 Å². The van der Waals surface area contributed by atoms with E-state index in [1.165, 1.54) is 23.4 Å². The number of aliphatic imine (C=N–C) groups is 1. The minimum Gasteiger partial charge on any atom is -0.376 e. The normalized spacial score (nSPS) is 21.4. The van der Waals surface area contributed by atoms with Gasteiger partial charge >= 0.3 is 0 Å². The molecule has 142 valence electrons. The minimum atomic E-state index is 0.335. The van der Waals surface area contributed by atoms with Crippen molar-refractivity contribution in [3.05, 3.63) is 52.3 Å². The second-order valence-electron chi connectivity index (χ2n) is 6.88. The Balaban J connectivity index is 1.49. The van der Waals surface area contributed by atoms with E-state index in [0.717, 1.165) is 41.9 Å². The van der Waals surface area contributed by atoms with Gasteiger partial charge in [0.1, 0.15) is 0 Å². The number of thioether (sulfide) groups is 1. The van der Waals surface area contributed by atoms with Gasteiger partial charge in [-0.15, -0.1) is 0 Å². The lowest BCUT2D eigenvalue weighted by Crippen LogP contribution is -2.25. The summed E-state index contributed by atoms with van der Waals surface area (Å²) in [5.74, 6) is 0.795. The number of hydrogen-bond acceptors (Lipinski definition) is 4. The van der Waals surface area contributed by atoms with Crippen molar-refractivity contribution >= 4 is 39.9 Å². The Morgan fingerprint density at radius 2 is 2.15 bits per heavy atom. The van der Waals surface area contributed by atoms with Gasteiger partial charge in [-0.2, -0.15) is 5.10 Å². The van der Waals surface area contributed by atoms with Crippen LogP contribution in [-0.2, 0) is 11.3 Å². The van der Waals surface area contributed by atoms with Crippen LogP contribution in [0.25, 0.3) is 0 Å². The highest BCUT2D eigenvalue weighted by Crippen LogP contribution is 2.24. The second kappa shape index (κ2) is 8.09. The number of aromatic nitrogens is 1. The lowest BCUT2D eigenvalue weighted by atomic mass is 10.1. The fourth-order valence-corrected chi connectivity index (χ4v) is 4.41. The van der Waals surface area contributed by atoms with Gasteiger partial charge < -0.3 is 9.30 Å². The van der Waals surface area contributed by atoms with Crippen LogP contribution in [0, 0.1) is 13.8 Å². The molecule has 0 bridgehead atoms. The maximum absolute atomic E-state index is 5.92. The number of benzene rings is 1. The summed E-state index contributed by atoms with van der Waals surface area (Å²) in [7, 11) is 0. The first-order chi connectivity index (χ1) is 13.1. The molecule has 0 amide bonds. The number of aryl methyl sites for hydroxylation is 1. The fourth-order valence-electron chi connectivity index (χ4n) is 3.51. The third-order valence-corrected chi connectivity index (χ3v) is 6.11. The first kappa shape index (κ1) is 18.6. The predicted molar refractivity (Wildman–Crippen MR) is 114 cm³/mol. The Morgan fingerprint density at radius 1 is 1.33 bits per heavy atom. The highest BCUT2D eigenvalue weighted by atomic mass is 35.5. The smallest absolute Gasteiger partial charge is 0.182 e. The number of ether oxygens (including phenoxy) is 1. The second-order valence-corrected chi connectivity index (χ2v) is 8.28. The van der Waals surface area contributed by atoms with Crippen molar-refractivity contribution < 1.29 is 4.74 Å². The molecule has 1 aromatic heterocycles. The highest BCUT2D eigenvalue weighted by Gasteiger charge is 2.22. The third kappa shape index (κ3) is 4.23. The number of hydrogen-bond donors (Lipinski definition) is 1. The summed E-state index contributed by atoms with van der Waals surface area (Å²) in [4.78, 5) is 4.58. The van der Waals surface area contributed by atoms with Gasteiger partial charge in [-0.1, -0.05) is 23.4 Å². The monoisotopic (exact) mass is 402 g/mol. The lowest BCUT2D eigenvalue weighted by molar-refractivity contribution is 0.0962. The largest absolute Gasteiger partial charge is 0.376 e. The minimum absolute atomic E-state index is 0.335. The van der Waals surface area contributed by atoms with Gasteiger partial charge in [-0.25, -0.2) is 4.99 Å². The van der Waals surface area contributed by atoms with Crippen molar-refractivity contribution in [2.75, 3.05) is 12.4 Å². The van der Waals surface area contributed by atoms with E-state index >= 15 is 0 Å². The first-order valence-corrected chi connectivity index (χ1v) is 10.5. The van der Waals surface area contributed by atoms with Crippen LogP contribution in [0.5, 0.6) is 0 Å². The molecule has 0 spiro atoms. The summed E-state index contributed by atoms with van der Waals surface area (Å²) in [5.41, 5.74) is 8.73. The number of halogens is 1. The van der Waals surface area contributed by atoms with Crippen LogP contribution in [0.2, 0.25) is 5.02 Å². The van der Waals surface area contributed by atoms with E-state index in [2.05, 4.69) is 40.0 Å². The predicted octanol–water partition coefficient (Wildman–Crippen LogP) is 4.67. The Bertz CT molecular complexity index is 882. The molecule has 4 rings (SSSR count). The van der Waals surface area contributed by atoms with Crippen molar-refractivity contribution in [1.82, 2.24) is 9.99 Å². The lowest BCUT2D eigenvalue weighted by Gasteiger charge is -2.17. The summed E-state index contributed by atoms with van der Waals surface area (Å²) in [6.07, 6.45) is 2.65. The summed E-state index contributed by atoms with van der Waals surface area (Å²) < 4.78 is 8.17. The van der Waals surface area contributed by atoms with Gasteiger partial charge in [0.25, 0.3) is 0 Å². The average molecular weight is 403 g/mol. The maximum Gasteiger partial charge on any atom is 0.182 e. The molecule has 1 fully saturated rings. The van der Waals surface area contributed by atoms with E-state index in [1.54, 1.807) is 11.8 Å². The molecule has 7 heteroatoms. The number of rotatable bonds is 4. The van der Waals surface area contributed by atoms with Crippen LogP contribution in [0.4, 0.5) is 5.69 Å². The van der Waals surface area contributed by atoms with E-state index in [-0.39, 0.29) is 0 Å². The molecule has 2 aromatic rings. The van der Waals surface area contributed by atoms with Gasteiger partial charge in [0.05, 0.1) is 17.5 Å². The Labute approximate surface area is 168 Å². The number of nitrogens with one attached hydrogen (secondary N) is 1. The van der Waals surface area contributed by atoms with Crippen LogP contribution in [0.3, 0.4) is 0 Å². The zero-order valence-electron chi connectivity index (χ0n) is 15.5. The first-order valence-electron chi connectivity index (χ1n) is 9.18. The van der Waals surface area contributed by atoms with E-state index in [1.807, 2.05) is 24.3 Å². The average Bonchev–Trinajstić information content (AvgIpc) is 3.28. The Morgan fingerprint density at radius 3 is 2.81 bits per heavy atom. The topological polar surface area (TPSA) is 50.9 Å². The Hall–Kier alpha value is -1.76. The highest BCUT2D eigenvalue weighted by molar-refractivity contribution is 8.14. The van der Waals surface area contributed by atoms with Crippen molar-refractivity contribution in [3.8, 4) is 0 Å². The van der Waals surface area contributed by atoms with Crippen LogP contribution >= 0.6 is 23.4 Å². The molecule has 1 N–H and O–H groups in total. The van der Waals surface area contributed by atoms with E-state index in [4.69, 9.17) is 16.3 Å². The fraction of sp³-hybridized carbons (Fsp3) is 0.400.